The van der Waals surface area contributed by atoms with Crippen molar-refractivity contribution in [3.05, 3.63) is 70.7 Å². The lowest BCUT2D eigenvalue weighted by molar-refractivity contribution is -0.141. The van der Waals surface area contributed by atoms with E-state index in [1.807, 2.05) is 0 Å². The first-order chi connectivity index (χ1) is 16.2. The quantitative estimate of drug-likeness (QED) is 0.484. The second-order valence-electron chi connectivity index (χ2n) is 7.78. The van der Waals surface area contributed by atoms with Crippen LogP contribution in [-0.2, 0) is 12.4 Å². The average Bonchev–Trinajstić information content (AvgIpc) is 3.20. The summed E-state index contributed by atoms with van der Waals surface area (Å²) in [6.45, 7) is 4.95. The highest BCUT2D eigenvalue weighted by Crippen LogP contribution is 2.35. The topological polar surface area (TPSA) is 88.9 Å². The van der Waals surface area contributed by atoms with Gasteiger partial charge >= 0.3 is 12.4 Å². The van der Waals surface area contributed by atoms with Gasteiger partial charge in [-0.05, 0) is 44.5 Å². The van der Waals surface area contributed by atoms with E-state index in [0.29, 0.717) is 17.7 Å². The Hall–Kier alpha value is -3.90. The number of anilines is 1. The molecule has 3 rings (SSSR count). The summed E-state index contributed by atoms with van der Waals surface area (Å²) in [5, 5.41) is 8.18. The van der Waals surface area contributed by atoms with Crippen LogP contribution >= 0.6 is 0 Å². The van der Waals surface area contributed by atoms with Gasteiger partial charge in [-0.15, -0.1) is 0 Å². The van der Waals surface area contributed by atoms with E-state index in [1.54, 1.807) is 26.8 Å². The van der Waals surface area contributed by atoms with Gasteiger partial charge in [0.1, 0.15) is 11.3 Å². The second kappa shape index (κ2) is 9.39. The summed E-state index contributed by atoms with van der Waals surface area (Å²) < 4.78 is 80.8. The maximum atomic E-state index is 13.5. The predicted octanol–water partition coefficient (Wildman–Crippen LogP) is 5.00. The van der Waals surface area contributed by atoms with Crippen LogP contribution in [0.5, 0.6) is 0 Å². The standard InChI is InChI=1S/C22H19F6N5O2/c1-11(2)30-19(34)13-7-4-6-12(3)17(13)31-20(35)15-10-16(22(26,27)28)32-33(15)18-14(21(23,24)25)8-5-9-29-18/h4-11H,1-3H3,(H,30,34)(H,31,35). The van der Waals surface area contributed by atoms with Gasteiger partial charge in [-0.2, -0.15) is 31.4 Å². The van der Waals surface area contributed by atoms with Crippen LogP contribution in [0, 0.1) is 6.92 Å². The first-order valence-corrected chi connectivity index (χ1v) is 10.1. The number of hydrogen-bond donors (Lipinski definition) is 2. The molecule has 0 fully saturated rings. The van der Waals surface area contributed by atoms with Crippen molar-refractivity contribution in [3.8, 4) is 5.82 Å². The molecule has 0 bridgehead atoms. The van der Waals surface area contributed by atoms with Crippen LogP contribution in [0.2, 0.25) is 0 Å². The summed E-state index contributed by atoms with van der Waals surface area (Å²) >= 11 is 0. The van der Waals surface area contributed by atoms with E-state index >= 15 is 0 Å². The van der Waals surface area contributed by atoms with Crippen LogP contribution < -0.4 is 10.6 Å². The monoisotopic (exact) mass is 499 g/mol. The molecule has 2 N–H and O–H groups in total. The van der Waals surface area contributed by atoms with Crippen LogP contribution in [-0.4, -0.2) is 32.6 Å². The Labute approximate surface area is 195 Å². The van der Waals surface area contributed by atoms with Crippen molar-refractivity contribution in [1.29, 1.82) is 0 Å². The van der Waals surface area contributed by atoms with Crippen molar-refractivity contribution in [3.63, 3.8) is 0 Å². The number of carbonyl (C=O) groups is 2. The molecule has 35 heavy (non-hydrogen) atoms. The van der Waals surface area contributed by atoms with E-state index in [9.17, 15) is 35.9 Å². The predicted molar refractivity (Wildman–Crippen MR) is 113 cm³/mol. The molecule has 7 nitrogen and oxygen atoms in total. The molecule has 0 aliphatic heterocycles. The molecule has 2 aromatic heterocycles. The minimum Gasteiger partial charge on any atom is -0.350 e. The molecule has 0 aliphatic carbocycles. The number of hydrogen-bond acceptors (Lipinski definition) is 4. The number of nitrogens with zero attached hydrogens (tertiary/aromatic N) is 3. The smallest absolute Gasteiger partial charge is 0.350 e. The van der Waals surface area contributed by atoms with E-state index in [1.165, 1.54) is 12.1 Å². The summed E-state index contributed by atoms with van der Waals surface area (Å²) in [6.07, 6.45) is -9.12. The molecule has 3 aromatic rings. The SMILES string of the molecule is Cc1cccc(C(=O)NC(C)C)c1NC(=O)c1cc(C(F)(F)F)nn1-c1ncccc1C(F)(F)F. The maximum absolute atomic E-state index is 13.5. The fourth-order valence-electron chi connectivity index (χ4n) is 3.17. The number of aromatic nitrogens is 3. The molecular formula is C22H19F6N5O2. The number of pyridine rings is 1. The van der Waals surface area contributed by atoms with Crippen LogP contribution in [0.15, 0.2) is 42.6 Å². The van der Waals surface area contributed by atoms with E-state index in [0.717, 1.165) is 12.3 Å². The number of nitrogens with one attached hydrogen (secondary N) is 2. The largest absolute Gasteiger partial charge is 0.435 e. The molecule has 2 heterocycles. The lowest BCUT2D eigenvalue weighted by Gasteiger charge is -2.16. The van der Waals surface area contributed by atoms with Gasteiger partial charge in [0.05, 0.1) is 11.3 Å². The molecule has 0 aliphatic rings. The van der Waals surface area contributed by atoms with Gasteiger partial charge in [0.25, 0.3) is 11.8 Å². The third-order valence-electron chi connectivity index (χ3n) is 4.70. The molecule has 2 amide bonds. The number of amides is 2. The number of rotatable bonds is 5. The zero-order valence-electron chi connectivity index (χ0n) is 18.5. The molecule has 0 saturated carbocycles. The molecule has 0 saturated heterocycles. The fourth-order valence-corrected chi connectivity index (χ4v) is 3.17. The number of halogens is 6. The molecule has 0 unspecified atom stereocenters. The van der Waals surface area contributed by atoms with Crippen LogP contribution in [0.3, 0.4) is 0 Å². The Balaban J connectivity index is 2.14. The van der Waals surface area contributed by atoms with Gasteiger partial charge < -0.3 is 10.6 Å². The van der Waals surface area contributed by atoms with Crippen molar-refractivity contribution in [2.24, 2.45) is 0 Å². The highest BCUT2D eigenvalue weighted by molar-refractivity contribution is 6.09. The molecule has 0 radical (unpaired) electrons. The lowest BCUT2D eigenvalue weighted by atomic mass is 10.1. The molecule has 186 valence electrons. The zero-order chi connectivity index (χ0) is 26.1. The fraction of sp³-hybridized carbons (Fsp3) is 0.273. The Morgan fingerprint density at radius 3 is 2.26 bits per heavy atom. The minimum atomic E-state index is -5.06. The van der Waals surface area contributed by atoms with Gasteiger partial charge in [-0.25, -0.2) is 9.67 Å². The zero-order valence-corrected chi connectivity index (χ0v) is 18.5. The number of benzene rings is 1. The van der Waals surface area contributed by atoms with Crippen molar-refractivity contribution in [1.82, 2.24) is 20.1 Å². The van der Waals surface area contributed by atoms with Crippen molar-refractivity contribution < 1.29 is 35.9 Å². The van der Waals surface area contributed by atoms with Crippen LogP contribution in [0.25, 0.3) is 5.82 Å². The summed E-state index contributed by atoms with van der Waals surface area (Å²) in [6, 6.07) is 6.08. The first kappa shape index (κ1) is 25.7. The molecule has 0 atom stereocenters. The number of aryl methyl sites for hydroxylation is 1. The van der Waals surface area contributed by atoms with Crippen LogP contribution in [0.1, 0.15) is 51.5 Å². The van der Waals surface area contributed by atoms with Gasteiger partial charge in [0.2, 0.25) is 0 Å². The molecular weight excluding hydrogens is 480 g/mol. The van der Waals surface area contributed by atoms with E-state index in [-0.39, 0.29) is 22.0 Å². The van der Waals surface area contributed by atoms with Gasteiger partial charge in [-0.3, -0.25) is 9.59 Å². The number of para-hydroxylation sites is 1. The van der Waals surface area contributed by atoms with Crippen molar-refractivity contribution >= 4 is 17.5 Å². The first-order valence-electron chi connectivity index (χ1n) is 10.1. The summed E-state index contributed by atoms with van der Waals surface area (Å²) in [4.78, 5) is 29.2. The third-order valence-corrected chi connectivity index (χ3v) is 4.70. The van der Waals surface area contributed by atoms with Crippen molar-refractivity contribution in [2.75, 3.05) is 5.32 Å². The van der Waals surface area contributed by atoms with Gasteiger partial charge in [-0.1, -0.05) is 12.1 Å². The van der Waals surface area contributed by atoms with Crippen LogP contribution in [0.4, 0.5) is 32.0 Å². The van der Waals surface area contributed by atoms with E-state index in [4.69, 9.17) is 0 Å². The normalized spacial score (nSPS) is 12.1. The molecule has 13 heteroatoms. The third kappa shape index (κ3) is 5.61. The maximum Gasteiger partial charge on any atom is 0.435 e. The lowest BCUT2D eigenvalue weighted by Crippen LogP contribution is -2.31. The van der Waals surface area contributed by atoms with Gasteiger partial charge in [0, 0.05) is 18.3 Å². The van der Waals surface area contributed by atoms with Gasteiger partial charge in [0.15, 0.2) is 11.5 Å². The Bertz CT molecular complexity index is 1260. The second-order valence-corrected chi connectivity index (χ2v) is 7.78. The Morgan fingerprint density at radius 1 is 0.971 bits per heavy atom. The average molecular weight is 499 g/mol. The number of carbonyl (C=O) groups excluding carboxylic acids is 2. The summed E-state index contributed by atoms with van der Waals surface area (Å²) in [5.41, 5.74) is -3.45. The van der Waals surface area contributed by atoms with Crippen molar-refractivity contribution in [2.45, 2.75) is 39.2 Å². The number of alkyl halides is 6. The van der Waals surface area contributed by atoms with E-state index < -0.39 is 46.9 Å². The minimum absolute atomic E-state index is 0.0166. The summed E-state index contributed by atoms with van der Waals surface area (Å²) in [7, 11) is 0. The van der Waals surface area contributed by atoms with E-state index in [2.05, 4.69) is 20.7 Å². The Kier molecular flexibility index (Phi) is 6.90. The Morgan fingerprint density at radius 2 is 1.66 bits per heavy atom. The molecule has 0 spiro atoms. The summed E-state index contributed by atoms with van der Waals surface area (Å²) in [5.74, 6) is -2.80. The highest BCUT2D eigenvalue weighted by atomic mass is 19.4. The highest BCUT2D eigenvalue weighted by Gasteiger charge is 2.39. The molecule has 1 aromatic carbocycles.